The van der Waals surface area contributed by atoms with E-state index in [0.717, 1.165) is 22.9 Å². The van der Waals surface area contributed by atoms with Crippen LogP contribution in [0.1, 0.15) is 28.9 Å². The largest absolute Gasteiger partial charge is 0.347 e. The van der Waals surface area contributed by atoms with Gasteiger partial charge in [0.1, 0.15) is 11.9 Å². The fourth-order valence-electron chi connectivity index (χ4n) is 2.45. The van der Waals surface area contributed by atoms with Gasteiger partial charge in [0.05, 0.1) is 6.21 Å². The van der Waals surface area contributed by atoms with Crippen molar-refractivity contribution in [2.75, 3.05) is 0 Å². The first-order chi connectivity index (χ1) is 9.34. The van der Waals surface area contributed by atoms with E-state index in [1.54, 1.807) is 18.6 Å². The number of nitrogens with one attached hydrogen (secondary N) is 2. The zero-order valence-corrected chi connectivity index (χ0v) is 10.2. The molecule has 0 fully saturated rings. The van der Waals surface area contributed by atoms with Crippen molar-refractivity contribution in [2.45, 2.75) is 13.0 Å². The van der Waals surface area contributed by atoms with Crippen LogP contribution in [0.25, 0.3) is 0 Å². The Bertz CT molecular complexity index is 747. The second-order valence-electron chi connectivity index (χ2n) is 4.41. The van der Waals surface area contributed by atoms with Crippen molar-refractivity contribution in [3.63, 3.8) is 0 Å². The molecule has 1 unspecified atom stereocenters. The van der Waals surface area contributed by atoms with E-state index in [1.807, 2.05) is 23.9 Å². The third kappa shape index (κ3) is 1.38. The Morgan fingerprint density at radius 1 is 1.26 bits per heavy atom. The van der Waals surface area contributed by atoms with Gasteiger partial charge in [-0.1, -0.05) is 0 Å². The van der Waals surface area contributed by atoms with Crippen molar-refractivity contribution in [3.8, 4) is 0 Å². The van der Waals surface area contributed by atoms with Crippen molar-refractivity contribution in [1.82, 2.24) is 29.7 Å². The highest BCUT2D eigenvalue weighted by Crippen LogP contribution is 2.35. The Balaban J connectivity index is 2.04. The van der Waals surface area contributed by atoms with Crippen molar-refractivity contribution in [3.05, 3.63) is 47.7 Å². The highest BCUT2D eigenvalue weighted by Gasteiger charge is 2.29. The third-order valence-electron chi connectivity index (χ3n) is 3.31. The molecular weight excluding hydrogens is 242 g/mol. The molecule has 3 aromatic heterocycles. The number of hydrogen-bond acceptors (Lipinski definition) is 4. The van der Waals surface area contributed by atoms with Crippen molar-refractivity contribution < 1.29 is 0 Å². The van der Waals surface area contributed by atoms with Crippen LogP contribution in [0, 0.1) is 6.92 Å². The van der Waals surface area contributed by atoms with Crippen LogP contribution in [-0.2, 0) is 0 Å². The average Bonchev–Trinajstić information content (AvgIpc) is 3.12. The first-order valence-corrected chi connectivity index (χ1v) is 5.95. The van der Waals surface area contributed by atoms with Gasteiger partial charge in [0.2, 0.25) is 0 Å². The molecule has 1 aliphatic rings. The molecule has 0 saturated carbocycles. The number of fused-ring (bicyclic) bond motifs is 2. The van der Waals surface area contributed by atoms with Gasteiger partial charge in [-0.25, -0.2) is 15.0 Å². The normalized spacial score (nSPS) is 17.0. The molecule has 4 rings (SSSR count). The lowest BCUT2D eigenvalue weighted by Gasteiger charge is -2.16. The fourth-order valence-corrected chi connectivity index (χ4v) is 2.45. The minimum atomic E-state index is -0.0938. The van der Waals surface area contributed by atoms with E-state index in [2.05, 4.69) is 30.1 Å². The first kappa shape index (κ1) is 10.2. The predicted molar refractivity (Wildman–Crippen MR) is 68.6 cm³/mol. The first-order valence-electron chi connectivity index (χ1n) is 5.95. The maximum Gasteiger partial charge on any atom is 0.179 e. The summed E-state index contributed by atoms with van der Waals surface area (Å²) in [6.07, 6.45) is 8.97. The summed E-state index contributed by atoms with van der Waals surface area (Å²) < 4.78 is 2.04. The molecule has 1 atom stereocenters. The van der Waals surface area contributed by atoms with Crippen LogP contribution in [0.4, 0.5) is 5.82 Å². The predicted octanol–water partition coefficient (Wildman–Crippen LogP) is 1.34. The molecule has 7 nitrogen and oxygen atoms in total. The molecule has 94 valence electrons. The summed E-state index contributed by atoms with van der Waals surface area (Å²) in [5.41, 5.74) is 2.00. The van der Waals surface area contributed by atoms with Crippen LogP contribution in [0.2, 0.25) is 0 Å². The number of rotatable bonds is 1. The van der Waals surface area contributed by atoms with Crippen LogP contribution in [0.15, 0.2) is 29.8 Å². The maximum absolute atomic E-state index is 4.39. The lowest BCUT2D eigenvalue weighted by Crippen LogP contribution is -2.15. The quantitative estimate of drug-likeness (QED) is 0.536. The van der Waals surface area contributed by atoms with E-state index in [1.165, 1.54) is 0 Å². The minimum absolute atomic E-state index is 0.0938. The van der Waals surface area contributed by atoms with Gasteiger partial charge in [0, 0.05) is 36.0 Å². The number of H-pyrrole nitrogens is 2. The Hall–Kier alpha value is -2.70. The Labute approximate surface area is 108 Å². The highest BCUT2D eigenvalue weighted by molar-refractivity contribution is 5.79. The lowest BCUT2D eigenvalue weighted by molar-refractivity contribution is 0.639. The van der Waals surface area contributed by atoms with E-state index in [0.29, 0.717) is 5.82 Å². The summed E-state index contributed by atoms with van der Waals surface area (Å²) in [6.45, 7) is 1.99. The minimum Gasteiger partial charge on any atom is -0.347 e. The summed E-state index contributed by atoms with van der Waals surface area (Å²) in [6, 6.07) is -0.0938. The summed E-state index contributed by atoms with van der Waals surface area (Å²) in [7, 11) is 0. The van der Waals surface area contributed by atoms with E-state index < -0.39 is 0 Å². The molecule has 0 bridgehead atoms. The van der Waals surface area contributed by atoms with Crippen LogP contribution in [0.3, 0.4) is 0 Å². The van der Waals surface area contributed by atoms with Gasteiger partial charge in [-0.3, -0.25) is 5.10 Å². The van der Waals surface area contributed by atoms with Gasteiger partial charge >= 0.3 is 0 Å². The number of aromatic amines is 2. The number of aryl methyl sites for hydroxylation is 1. The van der Waals surface area contributed by atoms with Gasteiger partial charge in [-0.2, -0.15) is 5.10 Å². The van der Waals surface area contributed by atoms with Crippen LogP contribution in [0.5, 0.6) is 0 Å². The Morgan fingerprint density at radius 3 is 3.05 bits per heavy atom. The topological polar surface area (TPSA) is 87.5 Å². The number of aliphatic imine (C=N–C) groups is 1. The smallest absolute Gasteiger partial charge is 0.179 e. The lowest BCUT2D eigenvalue weighted by atomic mass is 10.1. The second kappa shape index (κ2) is 3.64. The van der Waals surface area contributed by atoms with Gasteiger partial charge in [0.25, 0.3) is 0 Å². The summed E-state index contributed by atoms with van der Waals surface area (Å²) >= 11 is 0. The second-order valence-corrected chi connectivity index (χ2v) is 4.41. The molecule has 0 spiro atoms. The SMILES string of the molecule is Cc1[nH]nc2c1C(c1ncc[nH]1)n1ccnc1C=N2. The van der Waals surface area contributed by atoms with Crippen molar-refractivity contribution >= 4 is 12.0 Å². The van der Waals surface area contributed by atoms with Gasteiger partial charge in [0.15, 0.2) is 11.6 Å². The van der Waals surface area contributed by atoms with Crippen LogP contribution in [-0.4, -0.2) is 35.9 Å². The molecule has 0 radical (unpaired) electrons. The number of aromatic nitrogens is 6. The standard InChI is InChI=1S/C12H11N7/c1-7-9-10(12-14-2-3-15-12)19-5-4-13-8(19)6-16-11(9)18-17-7/h2-6,10H,1H3,(H,14,15)(H,17,18). The van der Waals surface area contributed by atoms with E-state index in [4.69, 9.17) is 0 Å². The van der Waals surface area contributed by atoms with E-state index in [9.17, 15) is 0 Å². The molecule has 0 saturated heterocycles. The van der Waals surface area contributed by atoms with Crippen LogP contribution >= 0.6 is 0 Å². The molecule has 1 aliphatic heterocycles. The summed E-state index contributed by atoms with van der Waals surface area (Å²) in [5.74, 6) is 2.32. The third-order valence-corrected chi connectivity index (χ3v) is 3.31. The molecule has 2 N–H and O–H groups in total. The number of imidazole rings is 2. The molecular formula is C12H11N7. The Kier molecular flexibility index (Phi) is 1.96. The fraction of sp³-hybridized carbons (Fsp3) is 0.167. The van der Waals surface area contributed by atoms with E-state index in [-0.39, 0.29) is 6.04 Å². The molecule has 4 heterocycles. The monoisotopic (exact) mass is 253 g/mol. The Morgan fingerprint density at radius 2 is 2.21 bits per heavy atom. The number of hydrogen-bond donors (Lipinski definition) is 2. The average molecular weight is 253 g/mol. The summed E-state index contributed by atoms with van der Waals surface area (Å²) in [5, 5.41) is 7.22. The molecule has 0 aliphatic carbocycles. The van der Waals surface area contributed by atoms with Gasteiger partial charge in [-0.15, -0.1) is 0 Å². The molecule has 0 amide bonds. The molecule has 7 heteroatoms. The molecule has 19 heavy (non-hydrogen) atoms. The highest BCUT2D eigenvalue weighted by atomic mass is 15.2. The molecule has 0 aromatic carbocycles. The van der Waals surface area contributed by atoms with Crippen molar-refractivity contribution in [1.29, 1.82) is 0 Å². The number of nitrogens with zero attached hydrogens (tertiary/aromatic N) is 5. The zero-order valence-electron chi connectivity index (χ0n) is 10.2. The van der Waals surface area contributed by atoms with Gasteiger partial charge in [-0.05, 0) is 6.92 Å². The van der Waals surface area contributed by atoms with E-state index >= 15 is 0 Å². The molecule has 3 aromatic rings. The summed E-state index contributed by atoms with van der Waals surface area (Å²) in [4.78, 5) is 16.2. The van der Waals surface area contributed by atoms with Crippen LogP contribution < -0.4 is 0 Å². The van der Waals surface area contributed by atoms with Gasteiger partial charge < -0.3 is 9.55 Å². The zero-order chi connectivity index (χ0) is 12.8. The van der Waals surface area contributed by atoms with Crippen molar-refractivity contribution in [2.24, 2.45) is 4.99 Å². The maximum atomic E-state index is 4.39.